The second-order valence-corrected chi connectivity index (χ2v) is 8.76. The van der Waals surface area contributed by atoms with Gasteiger partial charge >= 0.3 is 0 Å². The average molecular weight is 381 g/mol. The third kappa shape index (κ3) is 9.94. The van der Waals surface area contributed by atoms with Gasteiger partial charge in [0.2, 0.25) is 5.91 Å². The van der Waals surface area contributed by atoms with Crippen LogP contribution in [0.3, 0.4) is 0 Å². The summed E-state index contributed by atoms with van der Waals surface area (Å²) in [5.74, 6) is 0.368. The van der Waals surface area contributed by atoms with E-state index >= 15 is 0 Å². The van der Waals surface area contributed by atoms with E-state index in [0.717, 1.165) is 39.0 Å². The number of nitrogens with zero attached hydrogens (tertiary/aromatic N) is 2. The van der Waals surface area contributed by atoms with E-state index in [4.69, 9.17) is 4.74 Å². The van der Waals surface area contributed by atoms with Gasteiger partial charge in [-0.3, -0.25) is 4.79 Å². The van der Waals surface area contributed by atoms with Crippen molar-refractivity contribution in [2.45, 2.75) is 109 Å². The van der Waals surface area contributed by atoms with Gasteiger partial charge in [0.25, 0.3) is 0 Å². The normalized spacial score (nSPS) is 23.0. The Hall–Kier alpha value is -0.610. The number of piperazine rings is 1. The third-order valence-electron chi connectivity index (χ3n) is 6.27. The smallest absolute Gasteiger partial charge is 0.222 e. The molecule has 2 heterocycles. The van der Waals surface area contributed by atoms with Crippen LogP contribution in [0, 0.1) is 0 Å². The first-order valence-electron chi connectivity index (χ1n) is 11.8. The molecule has 0 unspecified atom stereocenters. The van der Waals surface area contributed by atoms with Gasteiger partial charge in [0.05, 0.1) is 12.2 Å². The quantitative estimate of drug-likeness (QED) is 0.296. The standard InChI is InChI=1S/C23H44N2O2/c1-3-4-5-6-8-11-14-21-22(27-21)15-12-9-7-10-13-16-23(26)25-19-17-24(2)18-20-25/h21-22H,3-20H2,1-2H3/t21-,22+/m0/s1. The summed E-state index contributed by atoms with van der Waals surface area (Å²) in [6, 6.07) is 0. The predicted molar refractivity (Wildman–Crippen MR) is 113 cm³/mol. The first kappa shape index (κ1) is 22.7. The SMILES string of the molecule is CCCCCCCC[C@@H]1O[C@@H]1CCCCCCCC(=O)N1CCN(C)CC1. The van der Waals surface area contributed by atoms with Crippen molar-refractivity contribution in [3.05, 3.63) is 0 Å². The van der Waals surface area contributed by atoms with E-state index in [1.54, 1.807) is 0 Å². The molecule has 0 bridgehead atoms. The van der Waals surface area contributed by atoms with Crippen molar-refractivity contribution in [3.8, 4) is 0 Å². The van der Waals surface area contributed by atoms with Crippen LogP contribution < -0.4 is 0 Å². The zero-order chi connectivity index (χ0) is 19.3. The van der Waals surface area contributed by atoms with E-state index in [9.17, 15) is 4.79 Å². The van der Waals surface area contributed by atoms with Gasteiger partial charge in [0.1, 0.15) is 0 Å². The molecule has 2 atom stereocenters. The number of ether oxygens (including phenoxy) is 1. The maximum Gasteiger partial charge on any atom is 0.222 e. The minimum absolute atomic E-state index is 0.368. The molecule has 0 radical (unpaired) electrons. The number of hydrogen-bond donors (Lipinski definition) is 0. The van der Waals surface area contributed by atoms with Crippen LogP contribution in [0.2, 0.25) is 0 Å². The molecule has 158 valence electrons. The summed E-state index contributed by atoms with van der Waals surface area (Å²) < 4.78 is 5.82. The predicted octanol–water partition coefficient (Wildman–Crippen LogP) is 5.01. The van der Waals surface area contributed by atoms with Crippen LogP contribution in [-0.4, -0.2) is 61.1 Å². The number of likely N-dealkylation sites (N-methyl/N-ethyl adjacent to an activating group) is 1. The number of unbranched alkanes of at least 4 members (excludes halogenated alkanes) is 9. The van der Waals surface area contributed by atoms with Crippen LogP contribution in [0.15, 0.2) is 0 Å². The topological polar surface area (TPSA) is 36.1 Å². The molecule has 0 aromatic rings. The van der Waals surface area contributed by atoms with Gasteiger partial charge in [-0.05, 0) is 26.3 Å². The van der Waals surface area contributed by atoms with Crippen molar-refractivity contribution in [2.24, 2.45) is 0 Å². The minimum atomic E-state index is 0.368. The molecule has 2 rings (SSSR count). The lowest BCUT2D eigenvalue weighted by Crippen LogP contribution is -2.47. The number of epoxide rings is 1. The molecule has 2 aliphatic rings. The molecule has 2 fully saturated rings. The highest BCUT2D eigenvalue weighted by Gasteiger charge is 2.36. The molecule has 0 N–H and O–H groups in total. The molecule has 4 nitrogen and oxygen atoms in total. The van der Waals surface area contributed by atoms with E-state index in [1.165, 1.54) is 77.0 Å². The number of amides is 1. The van der Waals surface area contributed by atoms with Gasteiger partial charge in [0.15, 0.2) is 0 Å². The fourth-order valence-corrected chi connectivity index (χ4v) is 4.18. The first-order chi connectivity index (χ1) is 13.2. The Morgan fingerprint density at radius 1 is 0.778 bits per heavy atom. The van der Waals surface area contributed by atoms with Gasteiger partial charge in [-0.2, -0.15) is 0 Å². The summed E-state index contributed by atoms with van der Waals surface area (Å²) in [5.41, 5.74) is 0. The van der Waals surface area contributed by atoms with Crippen LogP contribution in [0.4, 0.5) is 0 Å². The molecular weight excluding hydrogens is 336 g/mol. The molecule has 0 saturated carbocycles. The van der Waals surface area contributed by atoms with Gasteiger partial charge in [-0.1, -0.05) is 71.1 Å². The van der Waals surface area contributed by atoms with Crippen LogP contribution in [0.5, 0.6) is 0 Å². The molecule has 2 saturated heterocycles. The van der Waals surface area contributed by atoms with E-state index in [2.05, 4.69) is 18.9 Å². The fraction of sp³-hybridized carbons (Fsp3) is 0.957. The summed E-state index contributed by atoms with van der Waals surface area (Å²) in [6.45, 7) is 6.15. The lowest BCUT2D eigenvalue weighted by molar-refractivity contribution is -0.132. The largest absolute Gasteiger partial charge is 0.370 e. The number of carbonyl (C=O) groups is 1. The van der Waals surface area contributed by atoms with Crippen LogP contribution >= 0.6 is 0 Å². The molecule has 0 aromatic carbocycles. The molecular formula is C23H44N2O2. The minimum Gasteiger partial charge on any atom is -0.370 e. The summed E-state index contributed by atoms with van der Waals surface area (Å²) in [4.78, 5) is 16.5. The molecule has 2 aliphatic heterocycles. The molecule has 0 aliphatic carbocycles. The van der Waals surface area contributed by atoms with Crippen molar-refractivity contribution in [1.82, 2.24) is 9.80 Å². The molecule has 0 spiro atoms. The van der Waals surface area contributed by atoms with Crippen molar-refractivity contribution in [2.75, 3.05) is 33.2 Å². The van der Waals surface area contributed by atoms with Crippen LogP contribution in [-0.2, 0) is 9.53 Å². The van der Waals surface area contributed by atoms with Gasteiger partial charge in [-0.15, -0.1) is 0 Å². The monoisotopic (exact) mass is 380 g/mol. The fourth-order valence-electron chi connectivity index (χ4n) is 4.18. The van der Waals surface area contributed by atoms with Crippen molar-refractivity contribution >= 4 is 5.91 Å². The maximum atomic E-state index is 12.2. The van der Waals surface area contributed by atoms with E-state index in [0.29, 0.717) is 18.1 Å². The van der Waals surface area contributed by atoms with Crippen molar-refractivity contribution in [1.29, 1.82) is 0 Å². The van der Waals surface area contributed by atoms with E-state index < -0.39 is 0 Å². The third-order valence-corrected chi connectivity index (χ3v) is 6.27. The highest BCUT2D eigenvalue weighted by atomic mass is 16.6. The zero-order valence-electron chi connectivity index (χ0n) is 18.1. The van der Waals surface area contributed by atoms with Crippen molar-refractivity contribution < 1.29 is 9.53 Å². The molecule has 27 heavy (non-hydrogen) atoms. The van der Waals surface area contributed by atoms with Crippen molar-refractivity contribution in [3.63, 3.8) is 0 Å². The number of carbonyl (C=O) groups excluding carboxylic acids is 1. The Morgan fingerprint density at radius 2 is 1.30 bits per heavy atom. The Balaban J connectivity index is 1.33. The Morgan fingerprint density at radius 3 is 1.89 bits per heavy atom. The van der Waals surface area contributed by atoms with Gasteiger partial charge in [0, 0.05) is 32.6 Å². The highest BCUT2D eigenvalue weighted by molar-refractivity contribution is 5.76. The van der Waals surface area contributed by atoms with E-state index in [-0.39, 0.29) is 0 Å². The average Bonchev–Trinajstić information content (AvgIpc) is 3.42. The Labute approximate surface area is 168 Å². The summed E-state index contributed by atoms with van der Waals surface area (Å²) in [7, 11) is 2.13. The van der Waals surface area contributed by atoms with E-state index in [1.807, 2.05) is 4.90 Å². The maximum absolute atomic E-state index is 12.2. The van der Waals surface area contributed by atoms with Gasteiger partial charge < -0.3 is 14.5 Å². The second-order valence-electron chi connectivity index (χ2n) is 8.76. The summed E-state index contributed by atoms with van der Waals surface area (Å²) >= 11 is 0. The lowest BCUT2D eigenvalue weighted by atomic mass is 10.0. The van der Waals surface area contributed by atoms with Gasteiger partial charge in [-0.25, -0.2) is 0 Å². The zero-order valence-corrected chi connectivity index (χ0v) is 18.1. The van der Waals surface area contributed by atoms with Crippen LogP contribution in [0.1, 0.15) is 96.8 Å². The molecule has 4 heteroatoms. The summed E-state index contributed by atoms with van der Waals surface area (Å²) in [5, 5.41) is 0. The molecule has 0 aromatic heterocycles. The Bertz CT molecular complexity index is 394. The molecule has 1 amide bonds. The first-order valence-corrected chi connectivity index (χ1v) is 11.8. The highest BCUT2D eigenvalue weighted by Crippen LogP contribution is 2.31. The lowest BCUT2D eigenvalue weighted by Gasteiger charge is -2.32. The number of rotatable bonds is 15. The number of hydrogen-bond acceptors (Lipinski definition) is 3. The summed E-state index contributed by atoms with van der Waals surface area (Å²) in [6.07, 6.45) is 18.8. The van der Waals surface area contributed by atoms with Crippen LogP contribution in [0.25, 0.3) is 0 Å². The Kier molecular flexibility index (Phi) is 11.4. The second kappa shape index (κ2) is 13.5.